The van der Waals surface area contributed by atoms with Crippen LogP contribution < -0.4 is 10.1 Å². The molecule has 0 bridgehead atoms. The Kier molecular flexibility index (Phi) is 5.49. The zero-order valence-electron chi connectivity index (χ0n) is 17.8. The molecule has 0 aliphatic rings. The van der Waals surface area contributed by atoms with Crippen LogP contribution in [-0.4, -0.2) is 26.1 Å². The number of fused-ring (bicyclic) bond motifs is 1. The Bertz CT molecular complexity index is 1320. The smallest absolute Gasteiger partial charge is 0.150 e. The molecule has 0 aliphatic carbocycles. The first-order valence-corrected chi connectivity index (χ1v) is 10.6. The van der Waals surface area contributed by atoms with Crippen molar-refractivity contribution in [1.29, 1.82) is 0 Å². The summed E-state index contributed by atoms with van der Waals surface area (Å²) in [5.41, 5.74) is 4.98. The predicted molar refractivity (Wildman–Crippen MR) is 127 cm³/mol. The van der Waals surface area contributed by atoms with Gasteiger partial charge >= 0.3 is 0 Å². The number of hydrogen-bond acceptors (Lipinski definition) is 5. The van der Waals surface area contributed by atoms with Crippen LogP contribution in [0.15, 0.2) is 91.5 Å². The average molecular weight is 422 g/mol. The topological polar surface area (TPSA) is 64.9 Å². The molecule has 0 saturated heterocycles. The molecule has 0 unspecified atom stereocenters. The Balaban J connectivity index is 1.62. The van der Waals surface area contributed by atoms with E-state index < -0.39 is 0 Å². The summed E-state index contributed by atoms with van der Waals surface area (Å²) in [7, 11) is 0. The molecule has 0 spiro atoms. The van der Waals surface area contributed by atoms with E-state index in [4.69, 9.17) is 4.74 Å². The molecule has 3 heterocycles. The van der Waals surface area contributed by atoms with E-state index in [1.165, 1.54) is 0 Å². The standard InChI is InChI=1S/C26H23N5O/c1-2-32-22-13-11-21(12-14-22)31-17-23(19-8-4-3-5-9-19)24-25(29-18-30-26(24)31)28-16-20-10-6-7-15-27-20/h3-15,17-18H,2,16H2,1H3,(H,28,29,30). The average Bonchev–Trinajstić information content (AvgIpc) is 3.25. The van der Waals surface area contributed by atoms with Gasteiger partial charge in [-0.05, 0) is 48.9 Å². The fourth-order valence-corrected chi connectivity index (χ4v) is 3.78. The first-order chi connectivity index (χ1) is 15.8. The lowest BCUT2D eigenvalue weighted by molar-refractivity contribution is 0.340. The maximum absolute atomic E-state index is 5.60. The van der Waals surface area contributed by atoms with Gasteiger partial charge in [0.25, 0.3) is 0 Å². The maximum Gasteiger partial charge on any atom is 0.150 e. The zero-order valence-corrected chi connectivity index (χ0v) is 17.8. The summed E-state index contributed by atoms with van der Waals surface area (Å²) in [5, 5.41) is 4.43. The van der Waals surface area contributed by atoms with Gasteiger partial charge in [0, 0.05) is 23.6 Å². The number of rotatable bonds is 7. The van der Waals surface area contributed by atoms with Crippen molar-refractivity contribution in [3.05, 3.63) is 97.2 Å². The van der Waals surface area contributed by atoms with E-state index in [1.807, 2.05) is 67.6 Å². The molecule has 3 aromatic heterocycles. The number of anilines is 1. The zero-order chi connectivity index (χ0) is 21.8. The molecule has 0 radical (unpaired) electrons. The number of ether oxygens (including phenoxy) is 1. The van der Waals surface area contributed by atoms with Gasteiger partial charge in [-0.2, -0.15) is 0 Å². The van der Waals surface area contributed by atoms with Gasteiger partial charge in [0.1, 0.15) is 17.9 Å². The van der Waals surface area contributed by atoms with Crippen LogP contribution in [0.3, 0.4) is 0 Å². The van der Waals surface area contributed by atoms with Crippen LogP contribution in [0.2, 0.25) is 0 Å². The Labute approximate surface area is 186 Å². The lowest BCUT2D eigenvalue weighted by Crippen LogP contribution is -2.04. The Morgan fingerprint density at radius 3 is 2.44 bits per heavy atom. The van der Waals surface area contributed by atoms with Crippen LogP contribution in [-0.2, 0) is 6.54 Å². The highest BCUT2D eigenvalue weighted by Gasteiger charge is 2.17. The minimum absolute atomic E-state index is 0.579. The highest BCUT2D eigenvalue weighted by atomic mass is 16.5. The minimum atomic E-state index is 0.579. The third kappa shape index (κ3) is 3.90. The highest BCUT2D eigenvalue weighted by Crippen LogP contribution is 2.35. The molecule has 5 aromatic rings. The van der Waals surface area contributed by atoms with Gasteiger partial charge in [-0.15, -0.1) is 0 Å². The van der Waals surface area contributed by atoms with Gasteiger partial charge in [-0.3, -0.25) is 4.98 Å². The van der Waals surface area contributed by atoms with Crippen LogP contribution >= 0.6 is 0 Å². The molecule has 0 aliphatic heterocycles. The van der Waals surface area contributed by atoms with Crippen LogP contribution in [0.4, 0.5) is 5.82 Å². The molecule has 2 aromatic carbocycles. The molecule has 0 atom stereocenters. The van der Waals surface area contributed by atoms with Crippen molar-refractivity contribution in [1.82, 2.24) is 19.5 Å². The third-order valence-electron chi connectivity index (χ3n) is 5.26. The molecule has 0 amide bonds. The minimum Gasteiger partial charge on any atom is -0.494 e. The van der Waals surface area contributed by atoms with E-state index in [9.17, 15) is 0 Å². The van der Waals surface area contributed by atoms with Gasteiger partial charge in [0.05, 0.1) is 24.2 Å². The third-order valence-corrected chi connectivity index (χ3v) is 5.26. The largest absolute Gasteiger partial charge is 0.494 e. The van der Waals surface area contributed by atoms with Crippen molar-refractivity contribution >= 4 is 16.9 Å². The first kappa shape index (κ1) is 19.8. The van der Waals surface area contributed by atoms with E-state index in [0.29, 0.717) is 13.2 Å². The van der Waals surface area contributed by atoms with Gasteiger partial charge in [-0.1, -0.05) is 36.4 Å². The molecular weight excluding hydrogens is 398 g/mol. The number of pyridine rings is 1. The molecule has 0 fully saturated rings. The fraction of sp³-hybridized carbons (Fsp3) is 0.115. The second-order valence-electron chi connectivity index (χ2n) is 7.30. The van der Waals surface area contributed by atoms with Gasteiger partial charge < -0.3 is 14.6 Å². The number of benzene rings is 2. The molecule has 5 rings (SSSR count). The summed E-state index contributed by atoms with van der Waals surface area (Å²) < 4.78 is 7.70. The van der Waals surface area contributed by atoms with Crippen LogP contribution in [0, 0.1) is 0 Å². The highest BCUT2D eigenvalue weighted by molar-refractivity contribution is 6.02. The number of hydrogen-bond donors (Lipinski definition) is 1. The summed E-state index contributed by atoms with van der Waals surface area (Å²) in [4.78, 5) is 13.6. The SMILES string of the molecule is CCOc1ccc(-n2cc(-c3ccccc3)c3c(NCc4ccccn4)ncnc32)cc1. The number of nitrogens with zero attached hydrogens (tertiary/aromatic N) is 4. The van der Waals surface area contributed by atoms with Gasteiger partial charge in [0.2, 0.25) is 0 Å². The summed E-state index contributed by atoms with van der Waals surface area (Å²) in [6, 6.07) is 24.3. The first-order valence-electron chi connectivity index (χ1n) is 10.6. The Morgan fingerprint density at radius 2 is 1.69 bits per heavy atom. The predicted octanol–water partition coefficient (Wildman–Crippen LogP) is 5.49. The van der Waals surface area contributed by atoms with E-state index >= 15 is 0 Å². The van der Waals surface area contributed by atoms with E-state index in [1.54, 1.807) is 12.5 Å². The van der Waals surface area contributed by atoms with E-state index in [-0.39, 0.29) is 0 Å². The summed E-state index contributed by atoms with van der Waals surface area (Å²) in [6.07, 6.45) is 5.52. The van der Waals surface area contributed by atoms with Crippen molar-refractivity contribution in [2.45, 2.75) is 13.5 Å². The lowest BCUT2D eigenvalue weighted by Gasteiger charge is -2.09. The van der Waals surface area contributed by atoms with Crippen molar-refractivity contribution in [3.63, 3.8) is 0 Å². The molecule has 32 heavy (non-hydrogen) atoms. The normalized spacial score (nSPS) is 10.9. The van der Waals surface area contributed by atoms with Crippen molar-refractivity contribution in [2.24, 2.45) is 0 Å². The van der Waals surface area contributed by atoms with E-state index in [2.05, 4.69) is 43.2 Å². The maximum atomic E-state index is 5.60. The van der Waals surface area contributed by atoms with Crippen molar-refractivity contribution in [2.75, 3.05) is 11.9 Å². The fourth-order valence-electron chi connectivity index (χ4n) is 3.78. The number of aromatic nitrogens is 4. The van der Waals surface area contributed by atoms with Gasteiger partial charge in [-0.25, -0.2) is 9.97 Å². The van der Waals surface area contributed by atoms with E-state index in [0.717, 1.165) is 45.1 Å². The Morgan fingerprint density at radius 1 is 0.875 bits per heavy atom. The van der Waals surface area contributed by atoms with Gasteiger partial charge in [0.15, 0.2) is 5.65 Å². The van der Waals surface area contributed by atoms with Crippen molar-refractivity contribution in [3.8, 4) is 22.6 Å². The summed E-state index contributed by atoms with van der Waals surface area (Å²) >= 11 is 0. The second-order valence-corrected chi connectivity index (χ2v) is 7.30. The summed E-state index contributed by atoms with van der Waals surface area (Å²) in [5.74, 6) is 1.63. The van der Waals surface area contributed by atoms with Crippen LogP contribution in [0.1, 0.15) is 12.6 Å². The molecule has 0 saturated carbocycles. The molecule has 6 heteroatoms. The molecular formula is C26H23N5O. The molecule has 1 N–H and O–H groups in total. The quantitative estimate of drug-likeness (QED) is 0.376. The lowest BCUT2D eigenvalue weighted by atomic mass is 10.1. The monoisotopic (exact) mass is 421 g/mol. The second kappa shape index (κ2) is 8.89. The van der Waals surface area contributed by atoms with Crippen molar-refractivity contribution < 1.29 is 4.74 Å². The molecule has 158 valence electrons. The van der Waals surface area contributed by atoms with Crippen LogP contribution in [0.5, 0.6) is 5.75 Å². The summed E-state index contributed by atoms with van der Waals surface area (Å²) in [6.45, 7) is 3.20. The number of nitrogens with one attached hydrogen (secondary N) is 1. The Hall–Kier alpha value is -4.19. The molecule has 6 nitrogen and oxygen atoms in total. The van der Waals surface area contributed by atoms with Crippen LogP contribution in [0.25, 0.3) is 27.8 Å².